The maximum Gasteiger partial charge on any atom is 0.310 e. The average Bonchev–Trinajstić information content (AvgIpc) is 2.79. The molecule has 3 nitrogen and oxygen atoms in total. The summed E-state index contributed by atoms with van der Waals surface area (Å²) in [5.41, 5.74) is 0.992. The van der Waals surface area contributed by atoms with E-state index in [9.17, 15) is 8.42 Å². The monoisotopic (exact) mass is 430 g/mol. The Morgan fingerprint density at radius 2 is 0.933 bits per heavy atom. The van der Waals surface area contributed by atoms with Crippen molar-refractivity contribution in [2.24, 2.45) is 0 Å². The SMILES string of the molecule is Cc1ccc(S(=O)(=O)O[Si](c2ccccc2)(c2ccccc2)c2ccccc2)cc1. The van der Waals surface area contributed by atoms with Gasteiger partial charge in [-0.3, -0.25) is 3.87 Å². The minimum absolute atomic E-state index is 0.160. The maximum absolute atomic E-state index is 13.5. The van der Waals surface area contributed by atoms with Crippen molar-refractivity contribution in [3.8, 4) is 0 Å². The second-order valence-corrected chi connectivity index (χ2v) is 12.3. The van der Waals surface area contributed by atoms with Crippen LogP contribution in [0.1, 0.15) is 5.56 Å². The van der Waals surface area contributed by atoms with Gasteiger partial charge in [0, 0.05) is 0 Å². The van der Waals surface area contributed by atoms with E-state index in [1.54, 1.807) is 24.3 Å². The van der Waals surface area contributed by atoms with Gasteiger partial charge >= 0.3 is 8.32 Å². The van der Waals surface area contributed by atoms with E-state index >= 15 is 0 Å². The predicted molar refractivity (Wildman–Crippen MR) is 123 cm³/mol. The van der Waals surface area contributed by atoms with Gasteiger partial charge in [0.25, 0.3) is 10.1 Å². The zero-order chi connectivity index (χ0) is 21.0. The standard InChI is InChI=1S/C25H22O3SSi/c1-21-17-19-22(20-18-21)29(26,27)28-30(23-11-5-2-6-12-23,24-13-7-3-8-14-24)25-15-9-4-10-16-25/h2-20H,1H3. The highest BCUT2D eigenvalue weighted by Gasteiger charge is 2.46. The highest BCUT2D eigenvalue weighted by molar-refractivity contribution is 7.88. The Labute approximate surface area is 178 Å². The Morgan fingerprint density at radius 3 is 1.30 bits per heavy atom. The van der Waals surface area contributed by atoms with Crippen LogP contribution in [0.3, 0.4) is 0 Å². The van der Waals surface area contributed by atoms with E-state index in [-0.39, 0.29) is 4.90 Å². The Hall–Kier alpha value is -2.99. The molecule has 0 aromatic heterocycles. The molecule has 4 aromatic rings. The lowest BCUT2D eigenvalue weighted by molar-refractivity contribution is 0.493. The van der Waals surface area contributed by atoms with E-state index in [4.69, 9.17) is 3.87 Å². The molecule has 0 saturated carbocycles. The first kappa shape index (κ1) is 20.3. The van der Waals surface area contributed by atoms with Crippen LogP contribution in [0, 0.1) is 6.92 Å². The van der Waals surface area contributed by atoms with Gasteiger partial charge in [-0.15, -0.1) is 0 Å². The lowest BCUT2D eigenvalue weighted by Gasteiger charge is -2.32. The molecule has 0 saturated heterocycles. The summed E-state index contributed by atoms with van der Waals surface area (Å²) in [5.74, 6) is 0. The maximum atomic E-state index is 13.5. The Balaban J connectivity index is 1.99. The van der Waals surface area contributed by atoms with Gasteiger partial charge in [-0.2, -0.15) is 8.42 Å². The molecular formula is C25H22O3SSi. The van der Waals surface area contributed by atoms with Crippen molar-refractivity contribution in [3.05, 3.63) is 121 Å². The molecule has 30 heavy (non-hydrogen) atoms. The highest BCUT2D eigenvalue weighted by atomic mass is 32.2. The number of aryl methyl sites for hydroxylation is 1. The van der Waals surface area contributed by atoms with Gasteiger partial charge in [-0.1, -0.05) is 109 Å². The van der Waals surface area contributed by atoms with E-state index in [2.05, 4.69) is 0 Å². The van der Waals surface area contributed by atoms with Crippen LogP contribution in [-0.2, 0) is 14.0 Å². The van der Waals surface area contributed by atoms with Crippen molar-refractivity contribution in [2.75, 3.05) is 0 Å². The zero-order valence-electron chi connectivity index (χ0n) is 16.6. The minimum Gasteiger partial charge on any atom is -0.294 e. The molecule has 0 aliphatic carbocycles. The lowest BCUT2D eigenvalue weighted by Crippen LogP contribution is -2.69. The summed E-state index contributed by atoms with van der Waals surface area (Å²) in [7, 11) is -7.36. The molecule has 0 N–H and O–H groups in total. The largest absolute Gasteiger partial charge is 0.310 e. The molecule has 0 spiro atoms. The predicted octanol–water partition coefficient (Wildman–Crippen LogP) is 3.37. The number of benzene rings is 4. The van der Waals surface area contributed by atoms with Crippen LogP contribution in [-0.4, -0.2) is 16.7 Å². The molecule has 0 unspecified atom stereocenters. The van der Waals surface area contributed by atoms with Gasteiger partial charge in [0.05, 0.1) is 4.90 Å². The number of rotatable bonds is 6. The molecule has 0 aliphatic heterocycles. The molecule has 4 aromatic carbocycles. The van der Waals surface area contributed by atoms with Crippen molar-refractivity contribution in [3.63, 3.8) is 0 Å². The second-order valence-electron chi connectivity index (χ2n) is 7.13. The van der Waals surface area contributed by atoms with Gasteiger partial charge in [-0.05, 0) is 34.6 Å². The Bertz CT molecular complexity index is 1110. The highest BCUT2D eigenvalue weighted by Crippen LogP contribution is 2.20. The third-order valence-corrected chi connectivity index (χ3v) is 11.3. The molecule has 0 radical (unpaired) electrons. The first-order chi connectivity index (χ1) is 14.5. The van der Waals surface area contributed by atoms with Crippen LogP contribution in [0.25, 0.3) is 0 Å². The summed E-state index contributed by atoms with van der Waals surface area (Å²) < 4.78 is 33.3. The van der Waals surface area contributed by atoms with Crippen LogP contribution in [0.5, 0.6) is 0 Å². The molecular weight excluding hydrogens is 408 g/mol. The molecule has 0 amide bonds. The van der Waals surface area contributed by atoms with E-state index in [1.165, 1.54) is 0 Å². The molecule has 5 heteroatoms. The van der Waals surface area contributed by atoms with Gasteiger partial charge < -0.3 is 0 Å². The van der Waals surface area contributed by atoms with Crippen LogP contribution in [0.15, 0.2) is 120 Å². The summed E-state index contributed by atoms with van der Waals surface area (Å²) in [6.07, 6.45) is 0. The molecule has 4 rings (SSSR count). The quantitative estimate of drug-likeness (QED) is 0.348. The minimum atomic E-state index is -4.02. The van der Waals surface area contributed by atoms with E-state index in [0.29, 0.717) is 0 Å². The first-order valence-corrected chi connectivity index (χ1v) is 13.0. The van der Waals surface area contributed by atoms with Gasteiger partial charge in [-0.25, -0.2) is 0 Å². The second kappa shape index (κ2) is 8.40. The van der Waals surface area contributed by atoms with Crippen LogP contribution < -0.4 is 15.6 Å². The summed E-state index contributed by atoms with van der Waals surface area (Å²) in [6, 6.07) is 35.8. The molecule has 150 valence electrons. The van der Waals surface area contributed by atoms with E-state index < -0.39 is 18.4 Å². The summed E-state index contributed by atoms with van der Waals surface area (Å²) in [5, 5.41) is 2.62. The number of hydrogen-bond donors (Lipinski definition) is 0. The normalized spacial score (nSPS) is 11.9. The number of hydrogen-bond acceptors (Lipinski definition) is 3. The fourth-order valence-electron chi connectivity index (χ4n) is 3.58. The van der Waals surface area contributed by atoms with E-state index in [1.807, 2.05) is 97.9 Å². The Morgan fingerprint density at radius 1 is 0.567 bits per heavy atom. The molecule has 0 bridgehead atoms. The van der Waals surface area contributed by atoms with Crippen molar-refractivity contribution in [1.29, 1.82) is 0 Å². The smallest absolute Gasteiger partial charge is 0.294 e. The summed E-state index contributed by atoms with van der Waals surface area (Å²) >= 11 is 0. The Kier molecular flexibility index (Phi) is 5.68. The lowest BCUT2D eigenvalue weighted by atomic mass is 10.2. The fraction of sp³-hybridized carbons (Fsp3) is 0.0400. The summed E-state index contributed by atoms with van der Waals surface area (Å²) in [4.78, 5) is 0.160. The van der Waals surface area contributed by atoms with Crippen molar-refractivity contribution < 1.29 is 12.3 Å². The van der Waals surface area contributed by atoms with Gasteiger partial charge in [0.15, 0.2) is 0 Å². The first-order valence-electron chi connectivity index (χ1n) is 9.71. The van der Waals surface area contributed by atoms with Crippen molar-refractivity contribution in [2.45, 2.75) is 11.8 Å². The molecule has 0 fully saturated rings. The topological polar surface area (TPSA) is 43.4 Å². The van der Waals surface area contributed by atoms with Crippen LogP contribution in [0.4, 0.5) is 0 Å². The van der Waals surface area contributed by atoms with Crippen LogP contribution >= 0.6 is 0 Å². The third kappa shape index (κ3) is 3.87. The van der Waals surface area contributed by atoms with E-state index in [0.717, 1.165) is 21.1 Å². The fourth-order valence-corrected chi connectivity index (χ4v) is 9.89. The third-order valence-electron chi connectivity index (χ3n) is 5.09. The van der Waals surface area contributed by atoms with Crippen molar-refractivity contribution in [1.82, 2.24) is 0 Å². The molecule has 0 heterocycles. The van der Waals surface area contributed by atoms with Crippen molar-refractivity contribution >= 4 is 34.0 Å². The summed E-state index contributed by atoms with van der Waals surface area (Å²) in [6.45, 7) is 1.92. The van der Waals surface area contributed by atoms with Gasteiger partial charge in [0.2, 0.25) is 0 Å². The average molecular weight is 431 g/mol. The van der Waals surface area contributed by atoms with Gasteiger partial charge in [0.1, 0.15) is 0 Å². The zero-order valence-corrected chi connectivity index (χ0v) is 18.4. The molecule has 0 aliphatic rings. The molecule has 0 atom stereocenters. The van der Waals surface area contributed by atoms with Crippen LogP contribution in [0.2, 0.25) is 0 Å².